The molecule has 0 aliphatic carbocycles. The number of rotatable bonds is 20. The molecular weight excluding hydrogens is 920 g/mol. The molecule has 0 saturated heterocycles. The van der Waals surface area contributed by atoms with Crippen LogP contribution in [0.5, 0.6) is 46.0 Å². The molecule has 0 unspecified atom stereocenters. The first-order chi connectivity index (χ1) is 33.7. The molecular formula is C54H52Cl2N4O9. The van der Waals surface area contributed by atoms with Gasteiger partial charge in [0.25, 0.3) is 11.8 Å². The molecule has 8 aromatic rings. The van der Waals surface area contributed by atoms with Crippen LogP contribution in [0.2, 0.25) is 0 Å². The number of aryl methyl sites for hydroxylation is 2. The SMILES string of the molecule is COc1cc2cc(C(=O)Nc3c(CCCl)ccc(Oc4ccc(CCCl)c(NC(=O)c5cc6cc(OC)c(OC)c(OC)c6[nH]5)c4Cc4ccccc4)c3Cc3ccccc3)[nH]c2c(OC)c1OC. The van der Waals surface area contributed by atoms with Crippen molar-refractivity contribution in [2.75, 3.05) is 65.1 Å². The van der Waals surface area contributed by atoms with Gasteiger partial charge in [-0.2, -0.15) is 0 Å². The van der Waals surface area contributed by atoms with E-state index < -0.39 is 11.8 Å². The number of methoxy groups -OCH3 is 6. The van der Waals surface area contributed by atoms with Gasteiger partial charge in [0.15, 0.2) is 23.0 Å². The Kier molecular flexibility index (Phi) is 15.1. The highest BCUT2D eigenvalue weighted by Gasteiger charge is 2.26. The molecule has 0 radical (unpaired) electrons. The van der Waals surface area contributed by atoms with Crippen LogP contribution in [-0.2, 0) is 25.7 Å². The summed E-state index contributed by atoms with van der Waals surface area (Å²) in [6.07, 6.45) is 1.68. The maximum absolute atomic E-state index is 14.5. The summed E-state index contributed by atoms with van der Waals surface area (Å²) in [5.41, 5.74) is 7.83. The van der Waals surface area contributed by atoms with Gasteiger partial charge in [0.05, 0.1) is 65.1 Å². The predicted octanol–water partition coefficient (Wildman–Crippen LogP) is 11.7. The molecule has 4 N–H and O–H groups in total. The number of nitrogens with one attached hydrogen (secondary N) is 4. The van der Waals surface area contributed by atoms with Crippen molar-refractivity contribution in [3.05, 3.63) is 154 Å². The summed E-state index contributed by atoms with van der Waals surface area (Å²) in [7, 11) is 9.20. The molecule has 6 aromatic carbocycles. The van der Waals surface area contributed by atoms with Gasteiger partial charge in [0, 0.05) is 46.5 Å². The third-order valence-corrected chi connectivity index (χ3v) is 12.3. The number of ether oxygens (including phenoxy) is 7. The number of aromatic amines is 2. The van der Waals surface area contributed by atoms with Crippen molar-refractivity contribution >= 4 is 68.2 Å². The number of fused-ring (bicyclic) bond motifs is 2. The molecule has 0 aliphatic rings. The number of amides is 2. The van der Waals surface area contributed by atoms with Crippen LogP contribution in [0, 0.1) is 0 Å². The fraction of sp³-hybridized carbons (Fsp3) is 0.222. The molecule has 0 atom stereocenters. The van der Waals surface area contributed by atoms with E-state index in [0.717, 1.165) is 22.3 Å². The number of halogens is 2. The Hall–Kier alpha value is -7.48. The topological polar surface area (TPSA) is 154 Å². The van der Waals surface area contributed by atoms with Gasteiger partial charge >= 0.3 is 0 Å². The van der Waals surface area contributed by atoms with E-state index in [1.807, 2.05) is 84.9 Å². The number of H-pyrrole nitrogens is 2. The molecule has 2 heterocycles. The monoisotopic (exact) mass is 970 g/mol. The average molecular weight is 972 g/mol. The summed E-state index contributed by atoms with van der Waals surface area (Å²) < 4.78 is 40.9. The maximum Gasteiger partial charge on any atom is 0.272 e. The number of benzene rings is 6. The lowest BCUT2D eigenvalue weighted by Crippen LogP contribution is -2.17. The number of carbonyl (C=O) groups excluding carboxylic acids is 2. The third kappa shape index (κ3) is 9.92. The van der Waals surface area contributed by atoms with E-state index in [9.17, 15) is 9.59 Å². The number of alkyl halides is 2. The van der Waals surface area contributed by atoms with Gasteiger partial charge in [-0.15, -0.1) is 23.2 Å². The third-order valence-electron chi connectivity index (χ3n) is 11.9. The van der Waals surface area contributed by atoms with Crippen LogP contribution in [0.4, 0.5) is 11.4 Å². The summed E-state index contributed by atoms with van der Waals surface area (Å²) in [4.78, 5) is 35.5. The Bertz CT molecular complexity index is 2930. The van der Waals surface area contributed by atoms with Gasteiger partial charge in [-0.25, -0.2) is 0 Å². The van der Waals surface area contributed by atoms with Gasteiger partial charge in [0.1, 0.15) is 22.9 Å². The number of carbonyl (C=O) groups is 2. The zero-order valence-electron chi connectivity index (χ0n) is 39.1. The van der Waals surface area contributed by atoms with E-state index in [-0.39, 0.29) is 11.4 Å². The van der Waals surface area contributed by atoms with Crippen LogP contribution in [0.3, 0.4) is 0 Å². The molecule has 2 amide bonds. The van der Waals surface area contributed by atoms with Crippen LogP contribution in [0.25, 0.3) is 21.8 Å². The van der Waals surface area contributed by atoms with Gasteiger partial charge in [-0.05, 0) is 71.5 Å². The standard InChI is InChI=1S/C54H52Cl2N4O9/c1-63-43-29-35-27-39(57-47(35)51(67-5)49(43)65-3)53(61)59-45-33(21-23-55)17-19-41(37(45)25-31-13-9-7-10-14-31)69-42-20-18-34(22-24-56)46(38(42)26-32-15-11-8-12-16-32)60-54(62)40-28-36-30-44(64-2)50(66-4)52(68-6)48(36)58-40/h7-20,27-30,57-58H,21-26H2,1-6H3,(H,59,61)(H,60,62). The van der Waals surface area contributed by atoms with Crippen molar-refractivity contribution in [3.8, 4) is 46.0 Å². The quantitative estimate of drug-likeness (QED) is 0.0546. The second-order valence-corrected chi connectivity index (χ2v) is 16.7. The van der Waals surface area contributed by atoms with Crippen molar-refractivity contribution in [2.45, 2.75) is 25.7 Å². The van der Waals surface area contributed by atoms with Crippen LogP contribution >= 0.6 is 23.2 Å². The zero-order valence-corrected chi connectivity index (χ0v) is 40.6. The van der Waals surface area contributed by atoms with Crippen molar-refractivity contribution in [3.63, 3.8) is 0 Å². The normalized spacial score (nSPS) is 11.1. The highest BCUT2D eigenvalue weighted by molar-refractivity contribution is 6.18. The molecule has 0 saturated carbocycles. The van der Waals surface area contributed by atoms with Gasteiger partial charge in [-0.3, -0.25) is 9.59 Å². The first-order valence-electron chi connectivity index (χ1n) is 22.1. The number of aromatic nitrogens is 2. The van der Waals surface area contributed by atoms with Crippen LogP contribution < -0.4 is 43.8 Å². The first kappa shape index (κ1) is 48.0. The second-order valence-electron chi connectivity index (χ2n) is 16.0. The Morgan fingerprint density at radius 1 is 0.478 bits per heavy atom. The van der Waals surface area contributed by atoms with Crippen LogP contribution in [0.15, 0.2) is 109 Å². The highest BCUT2D eigenvalue weighted by Crippen LogP contribution is 2.46. The summed E-state index contributed by atoms with van der Waals surface area (Å²) in [6.45, 7) is 0. The van der Waals surface area contributed by atoms with Gasteiger partial charge < -0.3 is 53.8 Å². The van der Waals surface area contributed by atoms with Crippen molar-refractivity contribution < 1.29 is 42.7 Å². The fourth-order valence-electron chi connectivity index (χ4n) is 8.64. The molecule has 356 valence electrons. The molecule has 0 spiro atoms. The van der Waals surface area contributed by atoms with Crippen LogP contribution in [0.1, 0.15) is 54.4 Å². The fourth-order valence-corrected chi connectivity index (χ4v) is 9.05. The summed E-state index contributed by atoms with van der Waals surface area (Å²) in [5, 5.41) is 7.86. The molecule has 69 heavy (non-hydrogen) atoms. The minimum absolute atomic E-state index is 0.277. The molecule has 15 heteroatoms. The smallest absolute Gasteiger partial charge is 0.272 e. The molecule has 0 aliphatic heterocycles. The largest absolute Gasteiger partial charge is 0.493 e. The predicted molar refractivity (Wildman–Crippen MR) is 272 cm³/mol. The minimum Gasteiger partial charge on any atom is -0.493 e. The Morgan fingerprint density at radius 2 is 0.870 bits per heavy atom. The lowest BCUT2D eigenvalue weighted by molar-refractivity contribution is 0.101. The van der Waals surface area contributed by atoms with E-state index in [0.29, 0.717) is 128 Å². The van der Waals surface area contributed by atoms with E-state index in [2.05, 4.69) is 20.6 Å². The van der Waals surface area contributed by atoms with Crippen molar-refractivity contribution in [1.82, 2.24) is 9.97 Å². The van der Waals surface area contributed by atoms with Gasteiger partial charge in [-0.1, -0.05) is 72.8 Å². The van der Waals surface area contributed by atoms with E-state index in [1.54, 1.807) is 38.5 Å². The Morgan fingerprint density at radius 3 is 1.22 bits per heavy atom. The van der Waals surface area contributed by atoms with Crippen molar-refractivity contribution in [1.29, 1.82) is 0 Å². The van der Waals surface area contributed by atoms with Crippen molar-refractivity contribution in [2.24, 2.45) is 0 Å². The molecule has 13 nitrogen and oxygen atoms in total. The minimum atomic E-state index is -0.403. The summed E-state index contributed by atoms with van der Waals surface area (Å²) in [5.74, 6) is 3.27. The lowest BCUT2D eigenvalue weighted by Gasteiger charge is -2.23. The summed E-state index contributed by atoms with van der Waals surface area (Å²) >= 11 is 12.9. The zero-order chi connectivity index (χ0) is 48.6. The molecule has 0 fully saturated rings. The van der Waals surface area contributed by atoms with E-state index >= 15 is 0 Å². The van der Waals surface area contributed by atoms with Gasteiger partial charge in [0.2, 0.25) is 11.5 Å². The molecule has 0 bridgehead atoms. The Labute approximate surface area is 409 Å². The van der Waals surface area contributed by atoms with E-state index in [4.69, 9.17) is 56.4 Å². The first-order valence-corrected chi connectivity index (χ1v) is 23.2. The summed E-state index contributed by atoms with van der Waals surface area (Å²) in [6, 6.07) is 34.6. The number of hydrogen-bond acceptors (Lipinski definition) is 9. The molecule has 8 rings (SSSR count). The lowest BCUT2D eigenvalue weighted by atomic mass is 9.96. The van der Waals surface area contributed by atoms with Crippen LogP contribution in [-0.4, -0.2) is 76.2 Å². The average Bonchev–Trinajstić information content (AvgIpc) is 4.01. The Balaban J connectivity index is 1.25. The van der Waals surface area contributed by atoms with E-state index in [1.165, 1.54) is 28.4 Å². The highest BCUT2D eigenvalue weighted by atomic mass is 35.5. The molecule has 2 aromatic heterocycles. The second kappa shape index (κ2) is 21.6. The number of anilines is 2. The number of hydrogen-bond donors (Lipinski definition) is 4. The maximum atomic E-state index is 14.5.